The van der Waals surface area contributed by atoms with E-state index in [1.165, 1.54) is 0 Å². The predicted octanol–water partition coefficient (Wildman–Crippen LogP) is 4.81. The fourth-order valence-corrected chi connectivity index (χ4v) is 5.77. The molecule has 0 unspecified atom stereocenters. The first-order valence-electron chi connectivity index (χ1n) is 15.1. The molecule has 2 aromatic carbocycles. The van der Waals surface area contributed by atoms with Crippen LogP contribution in [0.2, 0.25) is 0 Å². The summed E-state index contributed by atoms with van der Waals surface area (Å²) in [6, 6.07) is 15.6. The highest BCUT2D eigenvalue weighted by Crippen LogP contribution is 2.35. The molecule has 1 aliphatic rings. The zero-order chi connectivity index (χ0) is 31.9. The van der Waals surface area contributed by atoms with Crippen molar-refractivity contribution >= 4 is 17.4 Å². The number of amides is 1. The van der Waals surface area contributed by atoms with Gasteiger partial charge in [-0.15, -0.1) is 0 Å². The van der Waals surface area contributed by atoms with Crippen molar-refractivity contribution < 1.29 is 19.4 Å². The summed E-state index contributed by atoms with van der Waals surface area (Å²) in [5.74, 6) is 1.96. The van der Waals surface area contributed by atoms with Crippen molar-refractivity contribution in [1.29, 1.82) is 0 Å². The molecular weight excluding hydrogens is 570 g/mol. The zero-order valence-electron chi connectivity index (χ0n) is 26.5. The van der Waals surface area contributed by atoms with Crippen molar-refractivity contribution in [3.63, 3.8) is 0 Å². The van der Waals surface area contributed by atoms with Crippen molar-refractivity contribution in [3.8, 4) is 28.3 Å². The molecule has 0 aliphatic carbocycles. The van der Waals surface area contributed by atoms with E-state index >= 15 is 0 Å². The quantitative estimate of drug-likeness (QED) is 0.257. The van der Waals surface area contributed by atoms with Gasteiger partial charge in [-0.2, -0.15) is 9.61 Å². The second kappa shape index (κ2) is 12.0. The molecule has 1 fully saturated rings. The number of carbonyl (C=O) groups is 1. The van der Waals surface area contributed by atoms with E-state index in [1.807, 2.05) is 73.0 Å². The van der Waals surface area contributed by atoms with Gasteiger partial charge in [0.05, 0.1) is 43.3 Å². The second-order valence-corrected chi connectivity index (χ2v) is 12.0. The number of carbonyl (C=O) groups excluding carboxylic acids is 1. The minimum Gasteiger partial charge on any atom is -0.496 e. The molecule has 1 aliphatic heterocycles. The highest BCUT2D eigenvalue weighted by Gasteiger charge is 2.29. The van der Waals surface area contributed by atoms with E-state index in [2.05, 4.69) is 22.4 Å². The molecule has 0 bridgehead atoms. The summed E-state index contributed by atoms with van der Waals surface area (Å²) in [6.45, 7) is 9.34. The van der Waals surface area contributed by atoms with Crippen LogP contribution in [-0.4, -0.2) is 73.0 Å². The summed E-state index contributed by atoms with van der Waals surface area (Å²) in [5, 5.41) is 19.4. The number of nitrogens with one attached hydrogen (secondary N) is 1. The number of hydrogen-bond donors (Lipinski definition) is 2. The van der Waals surface area contributed by atoms with Gasteiger partial charge in [0, 0.05) is 49.7 Å². The molecule has 0 spiro atoms. The number of benzene rings is 2. The molecular formula is C34H39N7O4. The predicted molar refractivity (Wildman–Crippen MR) is 172 cm³/mol. The lowest BCUT2D eigenvalue weighted by atomic mass is 10.0. The maximum absolute atomic E-state index is 13.7. The van der Waals surface area contributed by atoms with Crippen molar-refractivity contribution in [1.82, 2.24) is 29.0 Å². The summed E-state index contributed by atoms with van der Waals surface area (Å²) in [6.07, 6.45) is 3.71. The molecule has 3 aromatic heterocycles. The van der Waals surface area contributed by atoms with E-state index in [9.17, 15) is 9.90 Å². The van der Waals surface area contributed by atoms with Crippen LogP contribution in [0.15, 0.2) is 60.9 Å². The molecule has 5 aromatic rings. The molecule has 2 N–H and O–H groups in total. The minimum absolute atomic E-state index is 0.0487. The fraction of sp³-hybridized carbons (Fsp3) is 0.353. The lowest BCUT2D eigenvalue weighted by Crippen LogP contribution is -2.47. The number of aromatic nitrogens is 5. The number of methoxy groups -OCH3 is 1. The second-order valence-electron chi connectivity index (χ2n) is 12.0. The number of aryl methyl sites for hydroxylation is 2. The van der Waals surface area contributed by atoms with Crippen molar-refractivity contribution in [2.45, 2.75) is 45.9 Å². The van der Waals surface area contributed by atoms with Crippen LogP contribution in [0.25, 0.3) is 28.2 Å². The molecule has 1 amide bonds. The third kappa shape index (κ3) is 5.88. The van der Waals surface area contributed by atoms with Crippen LogP contribution in [-0.2, 0) is 23.9 Å². The van der Waals surface area contributed by atoms with E-state index in [0.717, 1.165) is 33.8 Å². The molecule has 1 saturated heterocycles. The molecule has 234 valence electrons. The summed E-state index contributed by atoms with van der Waals surface area (Å²) >= 11 is 0. The first kappa shape index (κ1) is 30.3. The molecule has 4 heterocycles. The fourth-order valence-electron chi connectivity index (χ4n) is 5.77. The van der Waals surface area contributed by atoms with E-state index in [0.29, 0.717) is 54.8 Å². The standard InChI is InChI=1S/C34H39N7O4/c1-21-20-45-15-14-40(21)33(42)26-17-24(10-11-27(26)44-6)30-22(2)38-41-29(18-28(34(3,4)43)37-32(30)41)36-19-23-8-7-9-25(16-23)31-35-12-13-39(31)5/h7-13,16-18,21,36,43H,14-15,19-20H2,1-6H3/t21-/m0/s1. The summed E-state index contributed by atoms with van der Waals surface area (Å²) < 4.78 is 14.9. The molecule has 0 saturated carbocycles. The summed E-state index contributed by atoms with van der Waals surface area (Å²) in [7, 11) is 3.54. The van der Waals surface area contributed by atoms with Gasteiger partial charge in [-0.25, -0.2) is 9.97 Å². The monoisotopic (exact) mass is 609 g/mol. The number of rotatable bonds is 8. The zero-order valence-corrected chi connectivity index (χ0v) is 26.5. The Balaban J connectivity index is 1.40. The Morgan fingerprint density at radius 3 is 2.71 bits per heavy atom. The maximum Gasteiger partial charge on any atom is 0.258 e. The number of anilines is 1. The third-order valence-electron chi connectivity index (χ3n) is 8.22. The van der Waals surface area contributed by atoms with Crippen LogP contribution in [0.1, 0.15) is 48.1 Å². The Morgan fingerprint density at radius 1 is 1.18 bits per heavy atom. The number of imidazole rings is 1. The Hall–Kier alpha value is -4.74. The van der Waals surface area contributed by atoms with Gasteiger partial charge in [0.15, 0.2) is 5.65 Å². The van der Waals surface area contributed by atoms with Crippen LogP contribution in [0.4, 0.5) is 5.82 Å². The lowest BCUT2D eigenvalue weighted by Gasteiger charge is -2.33. The van der Waals surface area contributed by atoms with Crippen molar-refractivity contribution in [2.24, 2.45) is 7.05 Å². The maximum atomic E-state index is 13.7. The average molecular weight is 610 g/mol. The van der Waals surface area contributed by atoms with Crippen LogP contribution in [0.5, 0.6) is 5.75 Å². The average Bonchev–Trinajstić information content (AvgIpc) is 3.61. The van der Waals surface area contributed by atoms with E-state index < -0.39 is 5.60 Å². The number of aliphatic hydroxyl groups is 1. The molecule has 1 atom stereocenters. The number of nitrogens with zero attached hydrogens (tertiary/aromatic N) is 6. The van der Waals surface area contributed by atoms with Gasteiger partial charge < -0.3 is 29.4 Å². The van der Waals surface area contributed by atoms with E-state index in [-0.39, 0.29) is 11.9 Å². The summed E-state index contributed by atoms with van der Waals surface area (Å²) in [4.78, 5) is 24.9. The Bertz CT molecular complexity index is 1870. The highest BCUT2D eigenvalue weighted by atomic mass is 16.5. The van der Waals surface area contributed by atoms with Gasteiger partial charge in [0.2, 0.25) is 0 Å². The van der Waals surface area contributed by atoms with Crippen LogP contribution < -0.4 is 10.1 Å². The Morgan fingerprint density at radius 2 is 2.00 bits per heavy atom. The van der Waals surface area contributed by atoms with Gasteiger partial charge in [-0.1, -0.05) is 24.3 Å². The lowest BCUT2D eigenvalue weighted by molar-refractivity contribution is 0.00344. The largest absolute Gasteiger partial charge is 0.496 e. The van der Waals surface area contributed by atoms with Gasteiger partial charge in [-0.05, 0) is 57.0 Å². The normalized spacial score (nSPS) is 15.4. The topological polar surface area (TPSA) is 119 Å². The number of morpholine rings is 1. The molecule has 0 radical (unpaired) electrons. The van der Waals surface area contributed by atoms with E-state index in [1.54, 1.807) is 31.7 Å². The van der Waals surface area contributed by atoms with Crippen molar-refractivity contribution in [3.05, 3.63) is 83.4 Å². The number of fused-ring (bicyclic) bond motifs is 1. The van der Waals surface area contributed by atoms with Gasteiger partial charge in [0.1, 0.15) is 23.0 Å². The molecule has 45 heavy (non-hydrogen) atoms. The van der Waals surface area contributed by atoms with E-state index in [4.69, 9.17) is 19.6 Å². The Labute approximate surface area is 262 Å². The van der Waals surface area contributed by atoms with Crippen molar-refractivity contribution in [2.75, 3.05) is 32.2 Å². The molecule has 11 heteroatoms. The first-order chi connectivity index (χ1) is 21.5. The minimum atomic E-state index is -1.21. The van der Waals surface area contributed by atoms with Crippen LogP contribution >= 0.6 is 0 Å². The smallest absolute Gasteiger partial charge is 0.258 e. The summed E-state index contributed by atoms with van der Waals surface area (Å²) in [5.41, 5.74) is 4.68. The highest BCUT2D eigenvalue weighted by molar-refractivity contribution is 5.99. The van der Waals surface area contributed by atoms with Gasteiger partial charge in [0.25, 0.3) is 5.91 Å². The number of ether oxygens (including phenoxy) is 2. The first-order valence-corrected chi connectivity index (χ1v) is 15.1. The Kier molecular flexibility index (Phi) is 8.07. The molecule has 11 nitrogen and oxygen atoms in total. The molecule has 6 rings (SSSR count). The van der Waals surface area contributed by atoms with Gasteiger partial charge >= 0.3 is 0 Å². The van der Waals surface area contributed by atoms with Crippen LogP contribution in [0.3, 0.4) is 0 Å². The van der Waals surface area contributed by atoms with Crippen LogP contribution in [0, 0.1) is 6.92 Å². The number of hydrogen-bond acceptors (Lipinski definition) is 8. The third-order valence-corrected chi connectivity index (χ3v) is 8.22. The van der Waals surface area contributed by atoms with Gasteiger partial charge in [-0.3, -0.25) is 4.79 Å². The SMILES string of the molecule is COc1ccc(-c2c(C)nn3c(NCc4cccc(-c5nccn5C)c4)cc(C(C)(C)O)nc23)cc1C(=O)N1CCOC[C@@H]1C.